The molecule has 0 atom stereocenters. The summed E-state index contributed by atoms with van der Waals surface area (Å²) in [5.74, 6) is -0.895. The number of ether oxygens (including phenoxy) is 1. The third-order valence-electron chi connectivity index (χ3n) is 4.06. The Bertz CT molecular complexity index is 937. The van der Waals surface area contributed by atoms with Gasteiger partial charge in [0, 0.05) is 25.5 Å². The fraction of sp³-hybridized carbons (Fsp3) is 0.250. The highest BCUT2D eigenvalue weighted by atomic mass is 19.1. The summed E-state index contributed by atoms with van der Waals surface area (Å²) < 4.78 is 25.5. The predicted molar refractivity (Wildman–Crippen MR) is 97.8 cm³/mol. The van der Waals surface area contributed by atoms with Crippen molar-refractivity contribution in [2.75, 3.05) is 13.2 Å². The van der Waals surface area contributed by atoms with Crippen molar-refractivity contribution in [3.05, 3.63) is 77.8 Å². The molecule has 0 saturated heterocycles. The Balaban J connectivity index is 1.52. The van der Waals surface area contributed by atoms with Crippen LogP contribution in [-0.4, -0.2) is 39.7 Å². The number of hydrogen-bond acceptors (Lipinski definition) is 5. The number of amides is 1. The average molecular weight is 385 g/mol. The molecule has 1 aromatic carbocycles. The molecule has 0 N–H and O–H groups in total. The van der Waals surface area contributed by atoms with E-state index >= 15 is 0 Å². The lowest BCUT2D eigenvalue weighted by Gasteiger charge is -2.20. The van der Waals surface area contributed by atoms with Crippen LogP contribution in [0.5, 0.6) is 0 Å². The number of aromatic nitrogens is 2. The third-order valence-corrected chi connectivity index (χ3v) is 4.06. The molecule has 1 amide bonds. The summed E-state index contributed by atoms with van der Waals surface area (Å²) in [5, 5.41) is 4.06. The zero-order valence-corrected chi connectivity index (χ0v) is 15.4. The Morgan fingerprint density at radius 1 is 1.25 bits per heavy atom. The lowest BCUT2D eigenvalue weighted by atomic mass is 10.2. The van der Waals surface area contributed by atoms with Gasteiger partial charge >= 0.3 is 5.97 Å². The van der Waals surface area contributed by atoms with E-state index in [4.69, 9.17) is 9.15 Å². The molecule has 0 aliphatic heterocycles. The van der Waals surface area contributed by atoms with E-state index in [-0.39, 0.29) is 24.0 Å². The zero-order valence-electron chi connectivity index (χ0n) is 15.4. The molecule has 0 bridgehead atoms. The summed E-state index contributed by atoms with van der Waals surface area (Å²) in [7, 11) is 0. The van der Waals surface area contributed by atoms with Gasteiger partial charge in [-0.3, -0.25) is 9.48 Å². The second-order valence-corrected chi connectivity index (χ2v) is 6.08. The topological polar surface area (TPSA) is 77.6 Å². The monoisotopic (exact) mass is 385 g/mol. The van der Waals surface area contributed by atoms with Crippen molar-refractivity contribution >= 4 is 11.9 Å². The second kappa shape index (κ2) is 8.98. The van der Waals surface area contributed by atoms with Gasteiger partial charge in [0.1, 0.15) is 11.6 Å². The van der Waals surface area contributed by atoms with Crippen molar-refractivity contribution in [1.29, 1.82) is 0 Å². The predicted octanol–water partition coefficient (Wildman–Crippen LogP) is 2.87. The minimum atomic E-state index is -0.720. The normalized spacial score (nSPS) is 10.6. The maximum Gasteiger partial charge on any atom is 0.374 e. The van der Waals surface area contributed by atoms with Crippen LogP contribution in [-0.2, 0) is 22.6 Å². The van der Waals surface area contributed by atoms with Gasteiger partial charge in [0.2, 0.25) is 5.76 Å². The van der Waals surface area contributed by atoms with Crippen molar-refractivity contribution in [2.45, 2.75) is 20.0 Å². The van der Waals surface area contributed by atoms with Gasteiger partial charge < -0.3 is 14.1 Å². The Hall–Kier alpha value is -3.42. The van der Waals surface area contributed by atoms with Crippen LogP contribution in [0.2, 0.25) is 0 Å². The Kier molecular flexibility index (Phi) is 6.21. The minimum Gasteiger partial charge on any atom is -0.452 e. The molecule has 0 unspecified atom stereocenters. The number of hydrogen-bond donors (Lipinski definition) is 0. The van der Waals surface area contributed by atoms with Crippen LogP contribution in [0.3, 0.4) is 0 Å². The van der Waals surface area contributed by atoms with Gasteiger partial charge in [0.25, 0.3) is 5.91 Å². The first kappa shape index (κ1) is 19.3. The third kappa shape index (κ3) is 5.06. The molecular weight excluding hydrogens is 365 g/mol. The first-order valence-electron chi connectivity index (χ1n) is 8.80. The molecule has 2 aromatic heterocycles. The van der Waals surface area contributed by atoms with E-state index in [9.17, 15) is 14.0 Å². The summed E-state index contributed by atoms with van der Waals surface area (Å²) in [6.45, 7) is 2.40. The van der Waals surface area contributed by atoms with E-state index in [0.717, 1.165) is 0 Å². The largest absolute Gasteiger partial charge is 0.452 e. The molecule has 146 valence electrons. The van der Waals surface area contributed by atoms with Gasteiger partial charge in [-0.15, -0.1) is 0 Å². The lowest BCUT2D eigenvalue weighted by Crippen LogP contribution is -2.34. The van der Waals surface area contributed by atoms with E-state index in [1.165, 1.54) is 23.1 Å². The number of esters is 1. The number of carbonyl (C=O) groups is 2. The van der Waals surface area contributed by atoms with Crippen molar-refractivity contribution in [3.8, 4) is 0 Å². The molecule has 0 radical (unpaired) electrons. The number of likely N-dealkylation sites (N-methyl/N-ethyl adjacent to an activating group) is 1. The molecule has 0 spiro atoms. The van der Waals surface area contributed by atoms with Crippen LogP contribution in [0.25, 0.3) is 0 Å². The SMILES string of the molecule is CCN(Cc1cccc(F)c1)C(=O)COC(=O)c1ccc(Cn2cccn2)o1. The molecule has 0 saturated carbocycles. The molecule has 3 rings (SSSR count). The van der Waals surface area contributed by atoms with Gasteiger partial charge in [-0.05, 0) is 42.8 Å². The van der Waals surface area contributed by atoms with Gasteiger partial charge in [0.05, 0.1) is 6.54 Å². The average Bonchev–Trinajstić information content (AvgIpc) is 3.36. The van der Waals surface area contributed by atoms with Crippen LogP contribution < -0.4 is 0 Å². The van der Waals surface area contributed by atoms with Crippen LogP contribution in [0, 0.1) is 5.82 Å². The smallest absolute Gasteiger partial charge is 0.374 e. The van der Waals surface area contributed by atoms with E-state index < -0.39 is 12.6 Å². The summed E-state index contributed by atoms with van der Waals surface area (Å²) >= 11 is 0. The fourth-order valence-electron chi connectivity index (χ4n) is 2.65. The van der Waals surface area contributed by atoms with Crippen LogP contribution in [0.1, 0.15) is 28.8 Å². The number of benzene rings is 1. The molecule has 0 fully saturated rings. The summed E-state index contributed by atoms with van der Waals surface area (Å²) in [6, 6.07) is 11.0. The molecule has 8 heteroatoms. The molecule has 3 aromatic rings. The first-order chi connectivity index (χ1) is 13.5. The van der Waals surface area contributed by atoms with Crippen LogP contribution >= 0.6 is 0 Å². The van der Waals surface area contributed by atoms with Crippen LogP contribution in [0.15, 0.2) is 59.3 Å². The van der Waals surface area contributed by atoms with Gasteiger partial charge in [-0.25, -0.2) is 9.18 Å². The van der Waals surface area contributed by atoms with E-state index in [0.29, 0.717) is 24.4 Å². The molecule has 28 heavy (non-hydrogen) atoms. The number of nitrogens with zero attached hydrogens (tertiary/aromatic N) is 3. The molecule has 0 aliphatic rings. The van der Waals surface area contributed by atoms with E-state index in [2.05, 4.69) is 5.10 Å². The highest BCUT2D eigenvalue weighted by molar-refractivity contribution is 5.88. The highest BCUT2D eigenvalue weighted by Crippen LogP contribution is 2.12. The Morgan fingerprint density at radius 2 is 2.11 bits per heavy atom. The Morgan fingerprint density at radius 3 is 2.82 bits per heavy atom. The summed E-state index contributed by atoms with van der Waals surface area (Å²) in [4.78, 5) is 25.9. The van der Waals surface area contributed by atoms with Crippen molar-refractivity contribution in [1.82, 2.24) is 14.7 Å². The van der Waals surface area contributed by atoms with Crippen molar-refractivity contribution < 1.29 is 23.1 Å². The Labute approximate surface area is 161 Å². The van der Waals surface area contributed by atoms with Gasteiger partial charge in [-0.2, -0.15) is 5.10 Å². The fourth-order valence-corrected chi connectivity index (χ4v) is 2.65. The number of furan rings is 1. The minimum absolute atomic E-state index is 0.0168. The molecule has 7 nitrogen and oxygen atoms in total. The maximum atomic E-state index is 13.3. The first-order valence-corrected chi connectivity index (χ1v) is 8.80. The molecular formula is C20H20FN3O4. The lowest BCUT2D eigenvalue weighted by molar-refractivity contribution is -0.135. The molecule has 2 heterocycles. The molecule has 0 aliphatic carbocycles. The number of halogens is 1. The summed E-state index contributed by atoms with van der Waals surface area (Å²) in [5.41, 5.74) is 0.663. The zero-order chi connectivity index (χ0) is 19.9. The van der Waals surface area contributed by atoms with Gasteiger partial charge in [0.15, 0.2) is 6.61 Å². The highest BCUT2D eigenvalue weighted by Gasteiger charge is 2.18. The van der Waals surface area contributed by atoms with Crippen LogP contribution in [0.4, 0.5) is 4.39 Å². The quantitative estimate of drug-likeness (QED) is 0.557. The van der Waals surface area contributed by atoms with E-state index in [1.54, 1.807) is 48.3 Å². The summed E-state index contributed by atoms with van der Waals surface area (Å²) in [6.07, 6.45) is 3.42. The maximum absolute atomic E-state index is 13.3. The number of rotatable bonds is 8. The van der Waals surface area contributed by atoms with Crippen molar-refractivity contribution in [2.24, 2.45) is 0 Å². The number of carbonyl (C=O) groups excluding carboxylic acids is 2. The second-order valence-electron chi connectivity index (χ2n) is 6.08. The van der Waals surface area contributed by atoms with Crippen molar-refractivity contribution in [3.63, 3.8) is 0 Å². The van der Waals surface area contributed by atoms with E-state index in [1.807, 2.05) is 0 Å². The standard InChI is InChI=1S/C20H20FN3O4/c1-2-23(12-15-5-3-6-16(21)11-15)19(25)14-27-20(26)18-8-7-17(28-18)13-24-10-4-9-22-24/h3-11H,2,12-14H2,1H3. The van der Waals surface area contributed by atoms with Gasteiger partial charge in [-0.1, -0.05) is 12.1 Å².